The molecule has 2 aromatic carbocycles. The summed E-state index contributed by atoms with van der Waals surface area (Å²) in [5, 5.41) is 3.22. The van der Waals surface area contributed by atoms with E-state index in [2.05, 4.69) is 36.0 Å². The van der Waals surface area contributed by atoms with Crippen LogP contribution in [-0.2, 0) is 6.54 Å². The lowest BCUT2D eigenvalue weighted by atomic mass is 10.0. The molecule has 0 spiro atoms. The molecule has 2 aromatic rings. The maximum Gasteiger partial charge on any atom is 0.387 e. The number of halogens is 2. The lowest BCUT2D eigenvalue weighted by Crippen LogP contribution is -2.07. The van der Waals surface area contributed by atoms with Gasteiger partial charge in [0.2, 0.25) is 0 Å². The number of rotatable bonds is 6. The minimum Gasteiger partial charge on any atom is -0.434 e. The Morgan fingerprint density at radius 3 is 2.29 bits per heavy atom. The predicted molar refractivity (Wildman–Crippen MR) is 80.9 cm³/mol. The highest BCUT2D eigenvalue weighted by Crippen LogP contribution is 2.22. The van der Waals surface area contributed by atoms with Crippen LogP contribution in [0.2, 0.25) is 0 Å². The minimum absolute atomic E-state index is 0.207. The average Bonchev–Trinajstić information content (AvgIpc) is 2.46. The number of hydrogen-bond acceptors (Lipinski definition) is 2. The highest BCUT2D eigenvalue weighted by atomic mass is 19.3. The van der Waals surface area contributed by atoms with Crippen LogP contribution >= 0.6 is 0 Å². The van der Waals surface area contributed by atoms with Crippen molar-refractivity contribution in [2.75, 3.05) is 5.32 Å². The van der Waals surface area contributed by atoms with Crippen LogP contribution in [0, 0.1) is 0 Å². The molecular weight excluding hydrogens is 272 g/mol. The van der Waals surface area contributed by atoms with Gasteiger partial charge in [0, 0.05) is 17.8 Å². The van der Waals surface area contributed by atoms with E-state index in [1.165, 1.54) is 5.56 Å². The molecule has 0 fully saturated rings. The second kappa shape index (κ2) is 7.07. The minimum atomic E-state index is -2.81. The van der Waals surface area contributed by atoms with Crippen molar-refractivity contribution >= 4 is 5.69 Å². The normalized spacial score (nSPS) is 11.0. The fraction of sp³-hybridized carbons (Fsp3) is 0.294. The predicted octanol–water partition coefficient (Wildman–Crippen LogP) is 5.02. The van der Waals surface area contributed by atoms with Crippen molar-refractivity contribution < 1.29 is 13.5 Å². The monoisotopic (exact) mass is 291 g/mol. The van der Waals surface area contributed by atoms with Gasteiger partial charge in [0.05, 0.1) is 0 Å². The maximum atomic E-state index is 12.3. The molecule has 112 valence electrons. The number of benzene rings is 2. The van der Waals surface area contributed by atoms with Crippen LogP contribution in [0.5, 0.6) is 5.75 Å². The summed E-state index contributed by atoms with van der Waals surface area (Å²) in [6.07, 6.45) is 0. The van der Waals surface area contributed by atoms with Gasteiger partial charge in [0.15, 0.2) is 0 Å². The topological polar surface area (TPSA) is 21.3 Å². The Morgan fingerprint density at radius 2 is 1.67 bits per heavy atom. The van der Waals surface area contributed by atoms with E-state index in [0.29, 0.717) is 18.0 Å². The Morgan fingerprint density at radius 1 is 1.00 bits per heavy atom. The van der Waals surface area contributed by atoms with Crippen LogP contribution in [0.3, 0.4) is 0 Å². The fourth-order valence-corrected chi connectivity index (χ4v) is 2.04. The molecule has 1 N–H and O–H groups in total. The average molecular weight is 291 g/mol. The number of ether oxygens (including phenoxy) is 1. The zero-order valence-electron chi connectivity index (χ0n) is 12.1. The molecule has 4 heteroatoms. The molecule has 0 bridgehead atoms. The van der Waals surface area contributed by atoms with Crippen LogP contribution in [0.4, 0.5) is 14.5 Å². The van der Waals surface area contributed by atoms with Gasteiger partial charge in [-0.15, -0.1) is 0 Å². The summed E-state index contributed by atoms with van der Waals surface area (Å²) in [6.45, 7) is 1.90. The smallest absolute Gasteiger partial charge is 0.387 e. The van der Waals surface area contributed by atoms with Crippen molar-refractivity contribution in [3.8, 4) is 5.75 Å². The quantitative estimate of drug-likeness (QED) is 0.806. The number of hydrogen-bond donors (Lipinski definition) is 1. The van der Waals surface area contributed by atoms with Crippen LogP contribution in [-0.4, -0.2) is 6.61 Å². The molecule has 2 rings (SSSR count). The first-order chi connectivity index (χ1) is 10.1. The summed E-state index contributed by atoms with van der Waals surface area (Å²) in [5.74, 6) is 0.693. The molecular formula is C17H19F2NO. The Labute approximate surface area is 123 Å². The van der Waals surface area contributed by atoms with Gasteiger partial charge >= 0.3 is 6.61 Å². The van der Waals surface area contributed by atoms with E-state index in [4.69, 9.17) is 0 Å². The molecule has 0 aromatic heterocycles. The molecule has 0 atom stereocenters. The van der Waals surface area contributed by atoms with Crippen molar-refractivity contribution in [3.63, 3.8) is 0 Å². The second-order valence-corrected chi connectivity index (χ2v) is 5.12. The molecule has 0 radical (unpaired) electrons. The van der Waals surface area contributed by atoms with Crippen molar-refractivity contribution in [1.82, 2.24) is 0 Å². The van der Waals surface area contributed by atoms with E-state index < -0.39 is 6.61 Å². The van der Waals surface area contributed by atoms with Gasteiger partial charge < -0.3 is 10.1 Å². The van der Waals surface area contributed by atoms with Gasteiger partial charge in [0.1, 0.15) is 5.75 Å². The summed E-state index contributed by atoms with van der Waals surface area (Å²) in [7, 11) is 0. The number of nitrogens with one attached hydrogen (secondary N) is 1. The van der Waals surface area contributed by atoms with Gasteiger partial charge in [-0.2, -0.15) is 8.78 Å². The van der Waals surface area contributed by atoms with Gasteiger partial charge in [-0.25, -0.2) is 0 Å². The van der Waals surface area contributed by atoms with E-state index in [0.717, 1.165) is 5.69 Å². The summed E-state index contributed by atoms with van der Waals surface area (Å²) < 4.78 is 29.2. The SMILES string of the molecule is CC(C)c1ccc(NCc2ccccc2OC(F)F)cc1. The number of para-hydroxylation sites is 1. The molecule has 0 saturated heterocycles. The Balaban J connectivity index is 2.02. The third kappa shape index (κ3) is 4.45. The Kier molecular flexibility index (Phi) is 5.14. The zero-order chi connectivity index (χ0) is 15.2. The van der Waals surface area contributed by atoms with Gasteiger partial charge in [0.25, 0.3) is 0 Å². The van der Waals surface area contributed by atoms with E-state index in [1.807, 2.05) is 12.1 Å². The van der Waals surface area contributed by atoms with E-state index in [1.54, 1.807) is 24.3 Å². The molecule has 0 unspecified atom stereocenters. The maximum absolute atomic E-state index is 12.3. The van der Waals surface area contributed by atoms with Crippen molar-refractivity contribution in [3.05, 3.63) is 59.7 Å². The first-order valence-electron chi connectivity index (χ1n) is 6.93. The lowest BCUT2D eigenvalue weighted by molar-refractivity contribution is -0.0504. The highest BCUT2D eigenvalue weighted by Gasteiger charge is 2.08. The van der Waals surface area contributed by atoms with Crippen molar-refractivity contribution in [2.45, 2.75) is 32.9 Å². The largest absolute Gasteiger partial charge is 0.434 e. The summed E-state index contributed by atoms with van der Waals surface area (Å²) in [6, 6.07) is 14.9. The van der Waals surface area contributed by atoms with Gasteiger partial charge in [-0.05, 0) is 29.7 Å². The Bertz CT molecular complexity index is 567. The molecule has 0 aliphatic carbocycles. The fourth-order valence-electron chi connectivity index (χ4n) is 2.04. The first-order valence-corrected chi connectivity index (χ1v) is 6.93. The number of alkyl halides is 2. The standard InChI is InChI=1S/C17H19F2NO/c1-12(2)13-7-9-15(10-8-13)20-11-14-5-3-4-6-16(14)21-17(18)19/h3-10,12,17,20H,11H2,1-2H3. The van der Waals surface area contributed by atoms with Crippen molar-refractivity contribution in [1.29, 1.82) is 0 Å². The highest BCUT2D eigenvalue weighted by molar-refractivity contribution is 5.47. The van der Waals surface area contributed by atoms with Crippen molar-refractivity contribution in [2.24, 2.45) is 0 Å². The molecule has 0 aliphatic heterocycles. The Hall–Kier alpha value is -2.10. The van der Waals surface area contributed by atoms with Gasteiger partial charge in [-0.1, -0.05) is 44.2 Å². The van der Waals surface area contributed by atoms with Crippen LogP contribution in [0.1, 0.15) is 30.9 Å². The summed E-state index contributed by atoms with van der Waals surface area (Å²) in [5.41, 5.74) is 2.92. The van der Waals surface area contributed by atoms with Crippen LogP contribution in [0.15, 0.2) is 48.5 Å². The van der Waals surface area contributed by atoms with E-state index in [9.17, 15) is 8.78 Å². The lowest BCUT2D eigenvalue weighted by Gasteiger charge is -2.13. The molecule has 0 saturated carbocycles. The van der Waals surface area contributed by atoms with Gasteiger partial charge in [-0.3, -0.25) is 0 Å². The third-order valence-electron chi connectivity index (χ3n) is 3.25. The van der Waals surface area contributed by atoms with E-state index in [-0.39, 0.29) is 5.75 Å². The molecule has 0 heterocycles. The second-order valence-electron chi connectivity index (χ2n) is 5.12. The molecule has 2 nitrogen and oxygen atoms in total. The number of anilines is 1. The van der Waals surface area contributed by atoms with Crippen LogP contribution < -0.4 is 10.1 Å². The third-order valence-corrected chi connectivity index (χ3v) is 3.25. The van der Waals surface area contributed by atoms with E-state index >= 15 is 0 Å². The van der Waals surface area contributed by atoms with Crippen LogP contribution in [0.25, 0.3) is 0 Å². The summed E-state index contributed by atoms with van der Waals surface area (Å²) in [4.78, 5) is 0. The molecule has 21 heavy (non-hydrogen) atoms. The molecule has 0 aliphatic rings. The molecule has 0 amide bonds. The first kappa shape index (κ1) is 15.3. The zero-order valence-corrected chi connectivity index (χ0v) is 12.1. The summed E-state index contributed by atoms with van der Waals surface area (Å²) >= 11 is 0.